The van der Waals surface area contributed by atoms with Gasteiger partial charge in [-0.05, 0) is 36.5 Å². The van der Waals surface area contributed by atoms with Gasteiger partial charge in [-0.1, -0.05) is 0 Å². The Kier molecular flexibility index (Phi) is 3.11. The zero-order valence-corrected chi connectivity index (χ0v) is 11.1. The van der Waals surface area contributed by atoms with Crippen molar-refractivity contribution in [1.29, 1.82) is 0 Å². The van der Waals surface area contributed by atoms with Gasteiger partial charge in [0.25, 0.3) is 0 Å². The third-order valence-electron chi connectivity index (χ3n) is 3.12. The zero-order valence-electron chi connectivity index (χ0n) is 9.48. The third kappa shape index (κ3) is 2.21. The summed E-state index contributed by atoms with van der Waals surface area (Å²) in [4.78, 5) is 4.32. The molecule has 17 heavy (non-hydrogen) atoms. The largest absolute Gasteiger partial charge is 0.395 e. The van der Waals surface area contributed by atoms with E-state index in [-0.39, 0.29) is 0 Å². The lowest BCUT2D eigenvalue weighted by Crippen LogP contribution is -2.24. The highest BCUT2D eigenvalue weighted by Crippen LogP contribution is 2.31. The Morgan fingerprint density at radius 3 is 2.94 bits per heavy atom. The highest BCUT2D eigenvalue weighted by atomic mass is 32.2. The predicted octanol–water partition coefficient (Wildman–Crippen LogP) is 3.19. The molecule has 3 rings (SSSR count). The van der Waals surface area contributed by atoms with E-state index in [4.69, 9.17) is 5.73 Å². The molecule has 3 nitrogen and oxygen atoms in total. The Morgan fingerprint density at radius 1 is 1.29 bits per heavy atom. The van der Waals surface area contributed by atoms with Crippen molar-refractivity contribution in [3.63, 3.8) is 0 Å². The number of nitrogens with two attached hydrogens (primary N) is 1. The molecule has 3 N–H and O–H groups in total. The highest BCUT2D eigenvalue weighted by Gasteiger charge is 2.15. The van der Waals surface area contributed by atoms with Gasteiger partial charge in [0.1, 0.15) is 5.52 Å². The number of nitrogens with zero attached hydrogens (tertiary/aromatic N) is 1. The summed E-state index contributed by atoms with van der Waals surface area (Å²) < 4.78 is 1.16. The minimum atomic E-state index is 0.564. The molecule has 5 heteroatoms. The fourth-order valence-electron chi connectivity index (χ4n) is 2.14. The fraction of sp³-hybridized carbons (Fsp3) is 0.417. The van der Waals surface area contributed by atoms with Gasteiger partial charge in [0.2, 0.25) is 0 Å². The van der Waals surface area contributed by atoms with Gasteiger partial charge in [0.05, 0.1) is 21.6 Å². The molecule has 0 aliphatic carbocycles. The van der Waals surface area contributed by atoms with Crippen molar-refractivity contribution in [1.82, 2.24) is 4.98 Å². The van der Waals surface area contributed by atoms with E-state index in [1.165, 1.54) is 24.3 Å². The summed E-state index contributed by atoms with van der Waals surface area (Å²) >= 11 is 3.67. The lowest BCUT2D eigenvalue weighted by Gasteiger charge is -2.24. The first-order valence-corrected chi connectivity index (χ1v) is 7.84. The second-order valence-corrected chi connectivity index (χ2v) is 6.37. The van der Waals surface area contributed by atoms with E-state index in [1.54, 1.807) is 11.3 Å². The summed E-state index contributed by atoms with van der Waals surface area (Å²) in [5, 5.41) is 3.56. The Labute approximate surface area is 109 Å². The van der Waals surface area contributed by atoms with Crippen LogP contribution in [0.1, 0.15) is 12.8 Å². The second kappa shape index (κ2) is 4.74. The summed E-state index contributed by atoms with van der Waals surface area (Å²) in [7, 11) is 0. The van der Waals surface area contributed by atoms with Crippen molar-refractivity contribution >= 4 is 44.7 Å². The quantitative estimate of drug-likeness (QED) is 0.819. The molecule has 1 fully saturated rings. The van der Waals surface area contributed by atoms with Gasteiger partial charge in [-0.25, -0.2) is 4.98 Å². The van der Waals surface area contributed by atoms with E-state index in [2.05, 4.69) is 22.4 Å². The molecule has 2 heterocycles. The lowest BCUT2D eigenvalue weighted by atomic mass is 10.1. The number of hydrogen-bond acceptors (Lipinski definition) is 5. The van der Waals surface area contributed by atoms with Crippen molar-refractivity contribution in [2.24, 2.45) is 0 Å². The number of fused-ring (bicyclic) bond motifs is 1. The van der Waals surface area contributed by atoms with Gasteiger partial charge in [-0.15, -0.1) is 11.3 Å². The van der Waals surface area contributed by atoms with Crippen LogP contribution in [0.15, 0.2) is 17.6 Å². The number of hydrogen-bond donors (Lipinski definition) is 2. The normalized spacial score (nSPS) is 17.4. The Bertz CT molecular complexity index is 517. The molecule has 1 aromatic heterocycles. The average molecular weight is 265 g/mol. The maximum absolute atomic E-state index is 6.16. The van der Waals surface area contributed by atoms with Gasteiger partial charge >= 0.3 is 0 Å². The van der Waals surface area contributed by atoms with Crippen LogP contribution in [0.25, 0.3) is 10.2 Å². The summed E-state index contributed by atoms with van der Waals surface area (Å²) in [5.41, 5.74) is 10.8. The maximum atomic E-state index is 6.16. The standard InChI is InChI=1S/C12H15N3S2/c13-11-9(15-8-3-5-16-6-4-8)1-2-10-12(11)14-7-17-10/h1-2,7-8,15H,3-6,13H2. The van der Waals surface area contributed by atoms with Crippen LogP contribution >= 0.6 is 23.1 Å². The molecule has 0 radical (unpaired) electrons. The van der Waals surface area contributed by atoms with Crippen LogP contribution in [-0.4, -0.2) is 22.5 Å². The van der Waals surface area contributed by atoms with E-state index in [9.17, 15) is 0 Å². The Morgan fingerprint density at radius 2 is 2.12 bits per heavy atom. The number of anilines is 2. The molecule has 1 aliphatic heterocycles. The van der Waals surface area contributed by atoms with Gasteiger partial charge < -0.3 is 11.1 Å². The number of nitrogen functional groups attached to an aromatic ring is 1. The molecule has 0 atom stereocenters. The maximum Gasteiger partial charge on any atom is 0.106 e. The summed E-state index contributed by atoms with van der Waals surface area (Å²) in [5.74, 6) is 2.49. The van der Waals surface area contributed by atoms with Crippen molar-refractivity contribution in [3.05, 3.63) is 17.6 Å². The predicted molar refractivity (Wildman–Crippen MR) is 78.0 cm³/mol. The number of thiazole rings is 1. The average Bonchev–Trinajstić information content (AvgIpc) is 2.83. The van der Waals surface area contributed by atoms with Gasteiger partial charge in [0.15, 0.2) is 0 Å². The van der Waals surface area contributed by atoms with E-state index in [0.717, 1.165) is 21.6 Å². The Hall–Kier alpha value is -0.940. The lowest BCUT2D eigenvalue weighted by molar-refractivity contribution is 0.667. The van der Waals surface area contributed by atoms with Crippen LogP contribution in [0.3, 0.4) is 0 Å². The molecular weight excluding hydrogens is 250 g/mol. The van der Waals surface area contributed by atoms with Crippen LogP contribution in [0.4, 0.5) is 11.4 Å². The monoisotopic (exact) mass is 265 g/mol. The van der Waals surface area contributed by atoms with Crippen LogP contribution < -0.4 is 11.1 Å². The topological polar surface area (TPSA) is 50.9 Å². The number of aromatic nitrogens is 1. The summed E-state index contributed by atoms with van der Waals surface area (Å²) in [6, 6.07) is 4.75. The number of thioether (sulfide) groups is 1. The Balaban J connectivity index is 1.86. The van der Waals surface area contributed by atoms with Crippen molar-refractivity contribution < 1.29 is 0 Å². The van der Waals surface area contributed by atoms with Gasteiger partial charge in [-0.3, -0.25) is 0 Å². The molecule has 1 saturated heterocycles. The molecule has 1 aromatic carbocycles. The molecule has 0 amide bonds. The number of benzene rings is 1. The SMILES string of the molecule is Nc1c(NC2CCSCC2)ccc2scnc12. The molecule has 2 aromatic rings. The van der Waals surface area contributed by atoms with E-state index < -0.39 is 0 Å². The van der Waals surface area contributed by atoms with Crippen LogP contribution in [0.5, 0.6) is 0 Å². The van der Waals surface area contributed by atoms with Crippen LogP contribution in [-0.2, 0) is 0 Å². The molecule has 1 aliphatic rings. The first-order valence-electron chi connectivity index (χ1n) is 5.80. The van der Waals surface area contributed by atoms with Gasteiger partial charge in [0, 0.05) is 6.04 Å². The smallest absolute Gasteiger partial charge is 0.106 e. The second-order valence-electron chi connectivity index (χ2n) is 4.26. The number of nitrogens with one attached hydrogen (secondary N) is 1. The molecule has 90 valence electrons. The van der Waals surface area contributed by atoms with Crippen molar-refractivity contribution in [3.8, 4) is 0 Å². The molecule has 0 bridgehead atoms. The van der Waals surface area contributed by atoms with E-state index >= 15 is 0 Å². The third-order valence-corrected chi connectivity index (χ3v) is 4.97. The van der Waals surface area contributed by atoms with E-state index in [1.807, 2.05) is 17.3 Å². The zero-order chi connectivity index (χ0) is 11.7. The minimum Gasteiger partial charge on any atom is -0.395 e. The first-order chi connectivity index (χ1) is 8.34. The molecule has 0 saturated carbocycles. The fourth-order valence-corrected chi connectivity index (χ4v) is 3.94. The summed E-state index contributed by atoms with van der Waals surface area (Å²) in [6.45, 7) is 0. The minimum absolute atomic E-state index is 0.564. The number of rotatable bonds is 2. The van der Waals surface area contributed by atoms with Crippen molar-refractivity contribution in [2.75, 3.05) is 22.6 Å². The van der Waals surface area contributed by atoms with Crippen LogP contribution in [0, 0.1) is 0 Å². The van der Waals surface area contributed by atoms with Crippen LogP contribution in [0.2, 0.25) is 0 Å². The molecule has 0 unspecified atom stereocenters. The van der Waals surface area contributed by atoms with Gasteiger partial charge in [-0.2, -0.15) is 11.8 Å². The van der Waals surface area contributed by atoms with E-state index in [0.29, 0.717) is 6.04 Å². The first kappa shape index (κ1) is 11.2. The molecule has 0 spiro atoms. The molecular formula is C12H15N3S2. The summed E-state index contributed by atoms with van der Waals surface area (Å²) in [6.07, 6.45) is 2.44. The van der Waals surface area contributed by atoms with Crippen molar-refractivity contribution in [2.45, 2.75) is 18.9 Å². The highest BCUT2D eigenvalue weighted by molar-refractivity contribution is 7.99.